The molecule has 2 aromatic rings. The summed E-state index contributed by atoms with van der Waals surface area (Å²) in [6.07, 6.45) is 6.42. The quantitative estimate of drug-likeness (QED) is 0.863. The summed E-state index contributed by atoms with van der Waals surface area (Å²) in [6.45, 7) is 1.29. The molecule has 0 bridgehead atoms. The molecular formula is C19H25N5O2. The van der Waals surface area contributed by atoms with Gasteiger partial charge in [0.1, 0.15) is 0 Å². The first kappa shape index (κ1) is 18.0. The van der Waals surface area contributed by atoms with E-state index in [4.69, 9.17) is 0 Å². The number of nitrogens with one attached hydrogen (secondary N) is 2. The number of aromatic nitrogens is 2. The molecule has 2 heterocycles. The number of benzene rings is 1. The van der Waals surface area contributed by atoms with Crippen LogP contribution in [0.15, 0.2) is 42.7 Å². The number of carbonyl (C=O) groups excluding carboxylic acids is 2. The molecule has 0 aliphatic carbocycles. The van der Waals surface area contributed by atoms with Gasteiger partial charge in [0.05, 0.1) is 6.20 Å². The maximum atomic E-state index is 12.3. The van der Waals surface area contributed by atoms with E-state index in [2.05, 4.69) is 15.7 Å². The van der Waals surface area contributed by atoms with Crippen molar-refractivity contribution in [1.82, 2.24) is 20.0 Å². The Kier molecular flexibility index (Phi) is 5.88. The van der Waals surface area contributed by atoms with Gasteiger partial charge in [0.2, 0.25) is 5.91 Å². The van der Waals surface area contributed by atoms with Gasteiger partial charge in [-0.25, -0.2) is 4.79 Å². The van der Waals surface area contributed by atoms with E-state index in [9.17, 15) is 9.59 Å². The van der Waals surface area contributed by atoms with E-state index in [1.165, 1.54) is 0 Å². The van der Waals surface area contributed by atoms with Crippen LogP contribution in [0.2, 0.25) is 0 Å². The summed E-state index contributed by atoms with van der Waals surface area (Å²) < 4.78 is 1.74. The highest BCUT2D eigenvalue weighted by atomic mass is 16.2. The first-order valence-corrected chi connectivity index (χ1v) is 8.98. The van der Waals surface area contributed by atoms with Crippen molar-refractivity contribution in [3.63, 3.8) is 0 Å². The van der Waals surface area contributed by atoms with E-state index in [-0.39, 0.29) is 18.0 Å². The van der Waals surface area contributed by atoms with Crippen LogP contribution in [0.4, 0.5) is 10.5 Å². The van der Waals surface area contributed by atoms with Crippen LogP contribution in [0.5, 0.6) is 0 Å². The molecule has 7 nitrogen and oxygen atoms in total. The third kappa shape index (κ3) is 5.08. The Bertz CT molecular complexity index is 735. The number of anilines is 1. The van der Waals surface area contributed by atoms with Gasteiger partial charge in [0.25, 0.3) is 0 Å². The van der Waals surface area contributed by atoms with Gasteiger partial charge in [-0.1, -0.05) is 18.2 Å². The molecule has 1 saturated heterocycles. The van der Waals surface area contributed by atoms with Crippen molar-refractivity contribution in [1.29, 1.82) is 0 Å². The minimum atomic E-state index is -0.0856. The fourth-order valence-corrected chi connectivity index (χ4v) is 3.11. The lowest BCUT2D eigenvalue weighted by atomic mass is 10.0. The highest BCUT2D eigenvalue weighted by Crippen LogP contribution is 2.13. The summed E-state index contributed by atoms with van der Waals surface area (Å²) in [5.74, 6) is 0.0565. The van der Waals surface area contributed by atoms with Crippen molar-refractivity contribution in [3.05, 3.63) is 48.3 Å². The molecule has 1 aromatic carbocycles. The van der Waals surface area contributed by atoms with Crippen LogP contribution in [0.3, 0.4) is 0 Å². The zero-order valence-electron chi connectivity index (χ0n) is 15.0. The molecule has 3 amide bonds. The van der Waals surface area contributed by atoms with Gasteiger partial charge in [-0.2, -0.15) is 5.10 Å². The summed E-state index contributed by atoms with van der Waals surface area (Å²) in [4.78, 5) is 26.2. The number of hydrogen-bond acceptors (Lipinski definition) is 3. The molecule has 0 unspecified atom stereocenters. The predicted octanol–water partition coefficient (Wildman–Crippen LogP) is 2.17. The molecule has 1 fully saturated rings. The minimum Gasteiger partial charge on any atom is -0.353 e. The van der Waals surface area contributed by atoms with Crippen LogP contribution in [0.1, 0.15) is 24.8 Å². The van der Waals surface area contributed by atoms with Crippen LogP contribution >= 0.6 is 0 Å². The number of piperidine rings is 1. The Morgan fingerprint density at radius 3 is 2.58 bits per heavy atom. The normalized spacial score (nSPS) is 14.9. The fraction of sp³-hybridized carbons (Fsp3) is 0.421. The monoisotopic (exact) mass is 355 g/mol. The predicted molar refractivity (Wildman–Crippen MR) is 99.7 cm³/mol. The van der Waals surface area contributed by atoms with Gasteiger partial charge < -0.3 is 15.5 Å². The van der Waals surface area contributed by atoms with E-state index in [0.29, 0.717) is 25.9 Å². The molecule has 0 saturated carbocycles. The van der Waals surface area contributed by atoms with Crippen molar-refractivity contribution >= 4 is 17.6 Å². The molecular weight excluding hydrogens is 330 g/mol. The molecule has 26 heavy (non-hydrogen) atoms. The van der Waals surface area contributed by atoms with Crippen molar-refractivity contribution in [2.75, 3.05) is 18.4 Å². The van der Waals surface area contributed by atoms with E-state index in [1.807, 2.05) is 43.6 Å². The maximum absolute atomic E-state index is 12.3. The number of aryl methyl sites for hydroxylation is 2. The molecule has 2 N–H and O–H groups in total. The minimum absolute atomic E-state index is 0.0565. The topological polar surface area (TPSA) is 79.3 Å². The number of rotatable bonds is 5. The van der Waals surface area contributed by atoms with Gasteiger partial charge in [0.15, 0.2) is 0 Å². The smallest absolute Gasteiger partial charge is 0.321 e. The number of likely N-dealkylation sites (tertiary alicyclic amines) is 1. The SMILES string of the molecule is Cn1cc(CCC(=O)NC2CCN(C(=O)Nc3ccccc3)CC2)cn1. The molecule has 0 atom stereocenters. The number of hydrogen-bond donors (Lipinski definition) is 2. The van der Waals surface area contributed by atoms with Gasteiger partial charge in [0, 0.05) is 44.5 Å². The first-order valence-electron chi connectivity index (χ1n) is 8.98. The Hall–Kier alpha value is -2.83. The lowest BCUT2D eigenvalue weighted by Gasteiger charge is -2.32. The number of carbonyl (C=O) groups is 2. The van der Waals surface area contributed by atoms with Gasteiger partial charge in [-0.3, -0.25) is 9.48 Å². The third-order valence-corrected chi connectivity index (χ3v) is 4.57. The van der Waals surface area contributed by atoms with E-state index in [1.54, 1.807) is 15.8 Å². The number of para-hydroxylation sites is 1. The molecule has 1 aromatic heterocycles. The van der Waals surface area contributed by atoms with E-state index < -0.39 is 0 Å². The zero-order valence-corrected chi connectivity index (χ0v) is 15.0. The van der Waals surface area contributed by atoms with Crippen molar-refractivity contribution in [3.8, 4) is 0 Å². The van der Waals surface area contributed by atoms with Gasteiger partial charge in [-0.05, 0) is 37.0 Å². The summed E-state index contributed by atoms with van der Waals surface area (Å²) in [6, 6.07) is 9.49. The molecule has 1 aliphatic rings. The highest BCUT2D eigenvalue weighted by molar-refractivity contribution is 5.89. The molecule has 3 rings (SSSR count). The summed E-state index contributed by atoms with van der Waals surface area (Å²) in [5, 5.41) is 10.1. The zero-order chi connectivity index (χ0) is 18.4. The van der Waals surface area contributed by atoms with Crippen molar-refractivity contribution in [2.45, 2.75) is 31.7 Å². The van der Waals surface area contributed by atoms with Gasteiger partial charge in [-0.15, -0.1) is 0 Å². The van der Waals surface area contributed by atoms with Crippen LogP contribution in [-0.2, 0) is 18.3 Å². The second kappa shape index (κ2) is 8.51. The standard InChI is InChI=1S/C19H25N5O2/c1-23-14-15(13-20-23)7-8-18(25)21-17-9-11-24(12-10-17)19(26)22-16-5-3-2-4-6-16/h2-6,13-14,17H,7-12H2,1H3,(H,21,25)(H,22,26). The molecule has 138 valence electrons. The Labute approximate surface area is 153 Å². The maximum Gasteiger partial charge on any atom is 0.321 e. The Balaban J connectivity index is 1.37. The summed E-state index contributed by atoms with van der Waals surface area (Å²) in [7, 11) is 1.87. The van der Waals surface area contributed by atoms with Gasteiger partial charge >= 0.3 is 6.03 Å². The largest absolute Gasteiger partial charge is 0.353 e. The highest BCUT2D eigenvalue weighted by Gasteiger charge is 2.23. The summed E-state index contributed by atoms with van der Waals surface area (Å²) in [5.41, 5.74) is 1.86. The van der Waals surface area contributed by atoms with E-state index >= 15 is 0 Å². The van der Waals surface area contributed by atoms with Crippen molar-refractivity contribution in [2.24, 2.45) is 7.05 Å². The average molecular weight is 355 g/mol. The number of amides is 3. The van der Waals surface area contributed by atoms with E-state index in [0.717, 1.165) is 24.1 Å². The molecule has 1 aliphatic heterocycles. The van der Waals surface area contributed by atoms with Crippen LogP contribution < -0.4 is 10.6 Å². The van der Waals surface area contributed by atoms with Crippen molar-refractivity contribution < 1.29 is 9.59 Å². The lowest BCUT2D eigenvalue weighted by molar-refractivity contribution is -0.122. The van der Waals surface area contributed by atoms with Crippen LogP contribution in [0.25, 0.3) is 0 Å². The molecule has 7 heteroatoms. The molecule has 0 spiro atoms. The number of nitrogens with zero attached hydrogens (tertiary/aromatic N) is 3. The average Bonchev–Trinajstić information content (AvgIpc) is 3.07. The second-order valence-electron chi connectivity index (χ2n) is 6.65. The second-order valence-corrected chi connectivity index (χ2v) is 6.65. The number of urea groups is 1. The van der Waals surface area contributed by atoms with Crippen LogP contribution in [-0.4, -0.2) is 45.8 Å². The van der Waals surface area contributed by atoms with Crippen LogP contribution in [0, 0.1) is 0 Å². The first-order chi connectivity index (χ1) is 12.6. The lowest BCUT2D eigenvalue weighted by Crippen LogP contribution is -2.47. The Morgan fingerprint density at radius 2 is 1.92 bits per heavy atom. The molecule has 0 radical (unpaired) electrons. The Morgan fingerprint density at radius 1 is 1.19 bits per heavy atom. The fourth-order valence-electron chi connectivity index (χ4n) is 3.11. The third-order valence-electron chi connectivity index (χ3n) is 4.57. The summed E-state index contributed by atoms with van der Waals surface area (Å²) >= 11 is 0.